The van der Waals surface area contributed by atoms with Crippen LogP contribution in [0.15, 0.2) is 18.7 Å². The van der Waals surface area contributed by atoms with Gasteiger partial charge < -0.3 is 13.9 Å². The molecule has 0 aliphatic carbocycles. The molecule has 1 aromatic rings. The summed E-state index contributed by atoms with van der Waals surface area (Å²) in [6.07, 6.45) is 7.57. The SMILES string of the molecule is CC1(C)OB(CCCn2ccnc2)OC1(C)C. The van der Waals surface area contributed by atoms with Crippen molar-refractivity contribution in [3.8, 4) is 0 Å². The summed E-state index contributed by atoms with van der Waals surface area (Å²) in [4.78, 5) is 4.02. The lowest BCUT2D eigenvalue weighted by Gasteiger charge is -2.32. The average molecular weight is 236 g/mol. The standard InChI is InChI=1S/C12H21BN2O2/c1-11(2)12(3,4)17-13(16-11)6-5-8-15-9-7-14-10-15/h7,9-10H,5-6,8H2,1-4H3. The first-order valence-corrected chi connectivity index (χ1v) is 6.22. The zero-order valence-corrected chi connectivity index (χ0v) is 11.1. The summed E-state index contributed by atoms with van der Waals surface area (Å²) in [5.74, 6) is 0. The quantitative estimate of drug-likeness (QED) is 0.753. The van der Waals surface area contributed by atoms with E-state index in [1.807, 2.05) is 12.5 Å². The van der Waals surface area contributed by atoms with E-state index >= 15 is 0 Å². The van der Waals surface area contributed by atoms with Crippen molar-refractivity contribution in [2.45, 2.75) is 58.2 Å². The van der Waals surface area contributed by atoms with Crippen molar-refractivity contribution >= 4 is 7.12 Å². The zero-order valence-electron chi connectivity index (χ0n) is 11.1. The lowest BCUT2D eigenvalue weighted by molar-refractivity contribution is 0.00578. The first-order chi connectivity index (χ1) is 7.91. The van der Waals surface area contributed by atoms with Gasteiger partial charge in [0.2, 0.25) is 0 Å². The Hall–Kier alpha value is -0.805. The minimum atomic E-state index is -0.216. The van der Waals surface area contributed by atoms with Crippen LogP contribution in [0.2, 0.25) is 6.32 Å². The maximum absolute atomic E-state index is 5.94. The molecule has 0 aromatic carbocycles. The van der Waals surface area contributed by atoms with Crippen LogP contribution in [0.5, 0.6) is 0 Å². The lowest BCUT2D eigenvalue weighted by Crippen LogP contribution is -2.41. The Balaban J connectivity index is 1.78. The fraction of sp³-hybridized carbons (Fsp3) is 0.750. The van der Waals surface area contributed by atoms with E-state index in [0.29, 0.717) is 0 Å². The fourth-order valence-corrected chi connectivity index (χ4v) is 1.94. The van der Waals surface area contributed by atoms with Crippen molar-refractivity contribution in [3.63, 3.8) is 0 Å². The van der Waals surface area contributed by atoms with E-state index in [4.69, 9.17) is 9.31 Å². The molecule has 4 nitrogen and oxygen atoms in total. The Bertz CT molecular complexity index is 347. The minimum Gasteiger partial charge on any atom is -0.403 e. The molecule has 0 bridgehead atoms. The molecule has 0 amide bonds. The highest BCUT2D eigenvalue weighted by Gasteiger charge is 2.50. The van der Waals surface area contributed by atoms with E-state index in [9.17, 15) is 0 Å². The molecule has 2 rings (SSSR count). The first kappa shape index (κ1) is 12.6. The van der Waals surface area contributed by atoms with Crippen LogP contribution >= 0.6 is 0 Å². The van der Waals surface area contributed by atoms with Crippen LogP contribution in [-0.4, -0.2) is 27.9 Å². The largest absolute Gasteiger partial charge is 0.457 e. The average Bonchev–Trinajstić information content (AvgIpc) is 2.74. The minimum absolute atomic E-state index is 0.0801. The predicted molar refractivity (Wildman–Crippen MR) is 67.7 cm³/mol. The van der Waals surface area contributed by atoms with Gasteiger partial charge in [-0.15, -0.1) is 0 Å². The van der Waals surface area contributed by atoms with Crippen molar-refractivity contribution < 1.29 is 9.31 Å². The molecule has 1 aromatic heterocycles. The van der Waals surface area contributed by atoms with Crippen molar-refractivity contribution in [2.24, 2.45) is 0 Å². The van der Waals surface area contributed by atoms with E-state index in [2.05, 4.69) is 37.2 Å². The highest BCUT2D eigenvalue weighted by Crippen LogP contribution is 2.37. The molecule has 0 spiro atoms. The molecule has 1 fully saturated rings. The van der Waals surface area contributed by atoms with E-state index in [1.54, 1.807) is 6.20 Å². The predicted octanol–water partition coefficient (Wildman–Crippen LogP) is 2.37. The fourth-order valence-electron chi connectivity index (χ4n) is 1.94. The Morgan fingerprint density at radius 3 is 2.35 bits per heavy atom. The second-order valence-electron chi connectivity index (χ2n) is 5.63. The smallest absolute Gasteiger partial charge is 0.403 e. The van der Waals surface area contributed by atoms with E-state index in [0.717, 1.165) is 19.3 Å². The Morgan fingerprint density at radius 1 is 1.18 bits per heavy atom. The zero-order chi connectivity index (χ0) is 12.5. The molecule has 0 saturated carbocycles. The summed E-state index contributed by atoms with van der Waals surface area (Å²) >= 11 is 0. The molecular weight excluding hydrogens is 215 g/mol. The highest BCUT2D eigenvalue weighted by atomic mass is 16.7. The van der Waals surface area contributed by atoms with E-state index < -0.39 is 0 Å². The summed E-state index contributed by atoms with van der Waals surface area (Å²) in [6, 6.07) is 0. The number of aryl methyl sites for hydroxylation is 1. The maximum Gasteiger partial charge on any atom is 0.457 e. The van der Waals surface area contributed by atoms with Crippen LogP contribution in [0.25, 0.3) is 0 Å². The molecule has 1 saturated heterocycles. The third kappa shape index (κ3) is 2.72. The van der Waals surface area contributed by atoms with Gasteiger partial charge in [-0.05, 0) is 40.4 Å². The molecule has 0 radical (unpaired) electrons. The third-order valence-corrected chi connectivity index (χ3v) is 3.72. The topological polar surface area (TPSA) is 36.3 Å². The molecule has 0 unspecified atom stereocenters. The Morgan fingerprint density at radius 2 is 1.82 bits per heavy atom. The lowest BCUT2D eigenvalue weighted by atomic mass is 9.83. The van der Waals surface area contributed by atoms with E-state index in [1.165, 1.54) is 0 Å². The van der Waals surface area contributed by atoms with Gasteiger partial charge >= 0.3 is 7.12 Å². The molecule has 0 N–H and O–H groups in total. The van der Waals surface area contributed by atoms with Gasteiger partial charge in [0.1, 0.15) is 0 Å². The van der Waals surface area contributed by atoms with Crippen LogP contribution < -0.4 is 0 Å². The summed E-state index contributed by atoms with van der Waals surface area (Å²) < 4.78 is 13.9. The number of imidazole rings is 1. The van der Waals surface area contributed by atoms with Gasteiger partial charge in [-0.2, -0.15) is 0 Å². The molecule has 5 heteroatoms. The monoisotopic (exact) mass is 236 g/mol. The molecule has 0 atom stereocenters. The second-order valence-corrected chi connectivity index (χ2v) is 5.63. The maximum atomic E-state index is 5.94. The number of aromatic nitrogens is 2. The number of rotatable bonds is 4. The van der Waals surface area contributed by atoms with Crippen molar-refractivity contribution in [1.29, 1.82) is 0 Å². The summed E-state index contributed by atoms with van der Waals surface area (Å²) in [6.45, 7) is 9.31. The van der Waals surface area contributed by atoms with E-state index in [-0.39, 0.29) is 18.3 Å². The van der Waals surface area contributed by atoms with Gasteiger partial charge in [0.25, 0.3) is 0 Å². The van der Waals surface area contributed by atoms with Crippen LogP contribution in [0.4, 0.5) is 0 Å². The van der Waals surface area contributed by atoms with Gasteiger partial charge in [-0.3, -0.25) is 0 Å². The molecule has 1 aliphatic heterocycles. The highest BCUT2D eigenvalue weighted by molar-refractivity contribution is 6.45. The van der Waals surface area contributed by atoms with Gasteiger partial charge in [0.05, 0.1) is 17.5 Å². The third-order valence-electron chi connectivity index (χ3n) is 3.72. The van der Waals surface area contributed by atoms with Crippen LogP contribution in [0.3, 0.4) is 0 Å². The van der Waals surface area contributed by atoms with Gasteiger partial charge in [-0.25, -0.2) is 4.98 Å². The van der Waals surface area contributed by atoms with Gasteiger partial charge in [0.15, 0.2) is 0 Å². The Labute approximate surface area is 103 Å². The van der Waals surface area contributed by atoms with Crippen LogP contribution in [0.1, 0.15) is 34.1 Å². The number of hydrogen-bond donors (Lipinski definition) is 0. The molecule has 17 heavy (non-hydrogen) atoms. The van der Waals surface area contributed by atoms with Gasteiger partial charge in [-0.1, -0.05) is 0 Å². The van der Waals surface area contributed by atoms with Gasteiger partial charge in [0, 0.05) is 18.9 Å². The molecule has 1 aliphatic rings. The molecule has 94 valence electrons. The van der Waals surface area contributed by atoms with Crippen LogP contribution in [-0.2, 0) is 15.9 Å². The first-order valence-electron chi connectivity index (χ1n) is 6.22. The second kappa shape index (κ2) is 4.46. The van der Waals surface area contributed by atoms with Crippen molar-refractivity contribution in [3.05, 3.63) is 18.7 Å². The summed E-state index contributed by atoms with van der Waals surface area (Å²) in [5.41, 5.74) is -0.431. The molecule has 2 heterocycles. The number of nitrogens with zero attached hydrogens (tertiary/aromatic N) is 2. The van der Waals surface area contributed by atoms with Crippen molar-refractivity contribution in [1.82, 2.24) is 9.55 Å². The van der Waals surface area contributed by atoms with Crippen LogP contribution in [0, 0.1) is 0 Å². The Kier molecular flexibility index (Phi) is 3.32. The van der Waals surface area contributed by atoms with Crippen molar-refractivity contribution in [2.75, 3.05) is 0 Å². The molecular formula is C12H21BN2O2. The summed E-state index contributed by atoms with van der Waals surface area (Å²) in [5, 5.41) is 0. The summed E-state index contributed by atoms with van der Waals surface area (Å²) in [7, 11) is -0.0801. The number of hydrogen-bond acceptors (Lipinski definition) is 3. The normalized spacial score (nSPS) is 22.0.